The summed E-state index contributed by atoms with van der Waals surface area (Å²) in [7, 11) is -4.30. The molecule has 3 heterocycles. The fourth-order valence-electron chi connectivity index (χ4n) is 4.06. The Balaban J connectivity index is 1.59. The number of benzene rings is 1. The van der Waals surface area contributed by atoms with Crippen LogP contribution in [-0.2, 0) is 16.2 Å². The first kappa shape index (κ1) is 26.7. The molecule has 2 aromatic heterocycles. The molecule has 13 heteroatoms. The van der Waals surface area contributed by atoms with Gasteiger partial charge in [0, 0.05) is 31.7 Å². The van der Waals surface area contributed by atoms with Crippen molar-refractivity contribution in [3.8, 4) is 11.3 Å². The Morgan fingerprint density at radius 3 is 2.30 bits per heavy atom. The van der Waals surface area contributed by atoms with Gasteiger partial charge in [0.1, 0.15) is 11.6 Å². The molecule has 3 aromatic rings. The molecule has 1 aliphatic heterocycles. The Hall–Kier alpha value is -3.32. The van der Waals surface area contributed by atoms with Gasteiger partial charge in [0.15, 0.2) is 5.03 Å². The largest absolute Gasteiger partial charge is 0.418 e. The number of aryl methyl sites for hydroxylation is 1. The molecule has 4 rings (SSSR count). The summed E-state index contributed by atoms with van der Waals surface area (Å²) in [6.45, 7) is 2.82. The lowest BCUT2D eigenvalue weighted by atomic mass is 10.0. The number of rotatable bonds is 7. The van der Waals surface area contributed by atoms with Crippen LogP contribution in [0, 0.1) is 6.92 Å². The second-order valence-electron chi connectivity index (χ2n) is 8.52. The number of piperazine rings is 1. The maximum absolute atomic E-state index is 13.7. The number of alkyl halides is 5. The van der Waals surface area contributed by atoms with Crippen LogP contribution in [0.25, 0.3) is 11.3 Å². The van der Waals surface area contributed by atoms with Crippen LogP contribution in [0.1, 0.15) is 11.1 Å². The third kappa shape index (κ3) is 6.34. The second-order valence-corrected chi connectivity index (χ2v) is 10.2. The van der Waals surface area contributed by atoms with Crippen LogP contribution in [0.4, 0.5) is 33.6 Å². The Kier molecular flexibility index (Phi) is 7.64. The van der Waals surface area contributed by atoms with Crippen LogP contribution in [-0.4, -0.2) is 62.4 Å². The van der Waals surface area contributed by atoms with Crippen molar-refractivity contribution in [1.29, 1.82) is 0 Å². The number of pyridine rings is 2. The first-order valence-corrected chi connectivity index (χ1v) is 12.8. The summed E-state index contributed by atoms with van der Waals surface area (Å²) < 4.78 is 94.6. The zero-order valence-electron chi connectivity index (χ0n) is 19.7. The summed E-state index contributed by atoms with van der Waals surface area (Å²) >= 11 is 0. The van der Waals surface area contributed by atoms with Gasteiger partial charge >= 0.3 is 6.18 Å². The SMILES string of the molecule is Cc1ccccc1-c1nc(NS(=O)(=O)c2cccc(N3CCN(CC(F)F)CC3)n2)ccc1C(F)(F)F. The van der Waals surface area contributed by atoms with Crippen molar-refractivity contribution in [2.45, 2.75) is 24.6 Å². The Morgan fingerprint density at radius 2 is 1.65 bits per heavy atom. The first-order chi connectivity index (χ1) is 17.4. The number of aromatic nitrogens is 2. The lowest BCUT2D eigenvalue weighted by Crippen LogP contribution is -2.48. The second kappa shape index (κ2) is 10.6. The molecule has 198 valence electrons. The lowest BCUT2D eigenvalue weighted by Gasteiger charge is -2.35. The molecule has 1 N–H and O–H groups in total. The Bertz CT molecular complexity index is 1360. The standard InChI is InChI=1S/C24H24F5N5O2S/c1-16-5-2-3-6-17(16)23-18(24(27,28)29)9-10-20(30-23)32-37(35,36)22-8-4-7-21(31-22)34-13-11-33(12-14-34)15-19(25)26/h2-10,19H,11-15H2,1H3,(H,30,32). The Labute approximate surface area is 211 Å². The molecule has 37 heavy (non-hydrogen) atoms. The van der Waals surface area contributed by atoms with Crippen LogP contribution in [0.5, 0.6) is 0 Å². The summed E-state index contributed by atoms with van der Waals surface area (Å²) in [5.74, 6) is 0.0552. The Morgan fingerprint density at radius 1 is 0.946 bits per heavy atom. The maximum Gasteiger partial charge on any atom is 0.418 e. The van der Waals surface area contributed by atoms with Gasteiger partial charge in [-0.3, -0.25) is 9.62 Å². The van der Waals surface area contributed by atoms with Gasteiger partial charge in [-0.2, -0.15) is 21.6 Å². The van der Waals surface area contributed by atoms with Crippen LogP contribution in [0.2, 0.25) is 0 Å². The van der Waals surface area contributed by atoms with Crippen LogP contribution < -0.4 is 9.62 Å². The highest BCUT2D eigenvalue weighted by atomic mass is 32.2. The minimum Gasteiger partial charge on any atom is -0.354 e. The molecule has 1 saturated heterocycles. The van der Waals surface area contributed by atoms with Crippen LogP contribution in [0.15, 0.2) is 59.6 Å². The summed E-state index contributed by atoms with van der Waals surface area (Å²) in [6.07, 6.45) is -7.13. The smallest absolute Gasteiger partial charge is 0.354 e. The minimum atomic E-state index is -4.70. The molecule has 0 radical (unpaired) electrons. The summed E-state index contributed by atoms with van der Waals surface area (Å²) in [5.41, 5.74) is -0.615. The number of nitrogens with one attached hydrogen (secondary N) is 1. The molecule has 1 fully saturated rings. The minimum absolute atomic E-state index is 0.224. The van der Waals surface area contributed by atoms with Crippen LogP contribution >= 0.6 is 0 Å². The molecule has 0 unspecified atom stereocenters. The molecule has 7 nitrogen and oxygen atoms in total. The van der Waals surface area contributed by atoms with E-state index >= 15 is 0 Å². The number of anilines is 2. The quantitative estimate of drug-likeness (QED) is 0.439. The summed E-state index contributed by atoms with van der Waals surface area (Å²) in [6, 6.07) is 12.5. The van der Waals surface area contributed by atoms with Crippen molar-refractivity contribution in [2.75, 3.05) is 42.3 Å². The molecule has 0 saturated carbocycles. The van der Waals surface area contributed by atoms with E-state index in [1.807, 2.05) is 0 Å². The third-order valence-corrected chi connectivity index (χ3v) is 7.17. The normalized spacial score (nSPS) is 15.3. The molecule has 0 atom stereocenters. The van der Waals surface area contributed by atoms with Crippen molar-refractivity contribution in [3.05, 3.63) is 65.7 Å². The average Bonchev–Trinajstić information content (AvgIpc) is 2.83. The third-order valence-electron chi connectivity index (χ3n) is 5.92. The number of sulfonamides is 1. The number of halogens is 5. The fraction of sp³-hybridized carbons (Fsp3) is 0.333. The molecule has 1 aliphatic rings. The van der Waals surface area contributed by atoms with E-state index < -0.39 is 33.9 Å². The molecular formula is C24H24F5N5O2S. The van der Waals surface area contributed by atoms with E-state index in [0.717, 1.165) is 12.1 Å². The van der Waals surface area contributed by atoms with E-state index in [1.54, 1.807) is 41.0 Å². The predicted octanol–water partition coefficient (Wildman–Crippen LogP) is 4.66. The van der Waals surface area contributed by atoms with Gasteiger partial charge in [-0.15, -0.1) is 0 Å². The van der Waals surface area contributed by atoms with Crippen LogP contribution in [0.3, 0.4) is 0 Å². The van der Waals surface area contributed by atoms with Gasteiger partial charge in [-0.25, -0.2) is 18.7 Å². The zero-order chi connectivity index (χ0) is 26.8. The van der Waals surface area contributed by atoms with E-state index in [2.05, 4.69) is 14.7 Å². The van der Waals surface area contributed by atoms with E-state index in [0.29, 0.717) is 37.6 Å². The van der Waals surface area contributed by atoms with E-state index in [-0.39, 0.29) is 23.0 Å². The van der Waals surface area contributed by atoms with Crippen molar-refractivity contribution in [1.82, 2.24) is 14.9 Å². The van der Waals surface area contributed by atoms with E-state index in [9.17, 15) is 30.4 Å². The van der Waals surface area contributed by atoms with Gasteiger partial charge in [0.05, 0.1) is 17.8 Å². The van der Waals surface area contributed by atoms with Gasteiger partial charge in [-0.05, 0) is 36.8 Å². The van der Waals surface area contributed by atoms with Crippen molar-refractivity contribution in [3.63, 3.8) is 0 Å². The van der Waals surface area contributed by atoms with Gasteiger partial charge < -0.3 is 4.90 Å². The summed E-state index contributed by atoms with van der Waals surface area (Å²) in [5, 5.41) is -0.348. The molecule has 1 aromatic carbocycles. The summed E-state index contributed by atoms with van der Waals surface area (Å²) in [4.78, 5) is 11.6. The van der Waals surface area contributed by atoms with Gasteiger partial charge in [0.2, 0.25) is 0 Å². The van der Waals surface area contributed by atoms with E-state index in [4.69, 9.17) is 0 Å². The van der Waals surface area contributed by atoms with Gasteiger partial charge in [-0.1, -0.05) is 30.3 Å². The molecule has 0 spiro atoms. The van der Waals surface area contributed by atoms with Crippen molar-refractivity contribution >= 4 is 21.7 Å². The highest BCUT2D eigenvalue weighted by Crippen LogP contribution is 2.38. The average molecular weight is 542 g/mol. The van der Waals surface area contributed by atoms with Crippen molar-refractivity contribution in [2.24, 2.45) is 0 Å². The number of nitrogens with zero attached hydrogens (tertiary/aromatic N) is 4. The molecular weight excluding hydrogens is 517 g/mol. The van der Waals surface area contributed by atoms with Gasteiger partial charge in [0.25, 0.3) is 16.4 Å². The topological polar surface area (TPSA) is 78.4 Å². The predicted molar refractivity (Wildman–Crippen MR) is 129 cm³/mol. The number of hydrogen-bond acceptors (Lipinski definition) is 6. The maximum atomic E-state index is 13.7. The molecule has 0 aliphatic carbocycles. The van der Waals surface area contributed by atoms with E-state index in [1.165, 1.54) is 18.2 Å². The van der Waals surface area contributed by atoms with Crippen molar-refractivity contribution < 1.29 is 30.4 Å². The first-order valence-electron chi connectivity index (χ1n) is 11.3. The number of hydrogen-bond donors (Lipinski definition) is 1. The zero-order valence-corrected chi connectivity index (χ0v) is 20.5. The highest BCUT2D eigenvalue weighted by molar-refractivity contribution is 7.92. The lowest BCUT2D eigenvalue weighted by molar-refractivity contribution is -0.137. The fourth-order valence-corrected chi connectivity index (χ4v) is 5.03. The highest BCUT2D eigenvalue weighted by Gasteiger charge is 2.35. The monoisotopic (exact) mass is 541 g/mol. The molecule has 0 amide bonds. The molecule has 0 bridgehead atoms.